The summed E-state index contributed by atoms with van der Waals surface area (Å²) in [5.41, 5.74) is 2.36. The van der Waals surface area contributed by atoms with E-state index in [2.05, 4.69) is 5.32 Å². The minimum absolute atomic E-state index is 0.0821. The zero-order valence-corrected chi connectivity index (χ0v) is 18.2. The number of anilines is 2. The van der Waals surface area contributed by atoms with E-state index >= 15 is 0 Å². The smallest absolute Gasteiger partial charge is 0.338 e. The molecule has 2 aromatic carbocycles. The Balaban J connectivity index is 1.60. The van der Waals surface area contributed by atoms with Crippen molar-refractivity contribution in [2.24, 2.45) is 0 Å². The normalized spacial score (nSPS) is 12.9. The number of nitrogens with zero attached hydrogens (tertiary/aromatic N) is 1. The summed E-state index contributed by atoms with van der Waals surface area (Å²) in [6.07, 6.45) is 0.388. The maximum absolute atomic E-state index is 12.7. The van der Waals surface area contributed by atoms with Gasteiger partial charge in [0.05, 0.1) is 22.8 Å². The number of esters is 1. The van der Waals surface area contributed by atoms with Gasteiger partial charge in [0.2, 0.25) is 11.8 Å². The SMILES string of the molecule is CCOC(=O)c1ccc(NC(=O)CCS(=O)(=O)c2ccc3c(c2)CCN3C(C)=O)cc1. The number of nitrogens with one attached hydrogen (secondary N) is 1. The summed E-state index contributed by atoms with van der Waals surface area (Å²) in [7, 11) is -3.66. The van der Waals surface area contributed by atoms with Crippen LogP contribution >= 0.6 is 0 Å². The Morgan fingerprint density at radius 3 is 2.45 bits per heavy atom. The van der Waals surface area contributed by atoms with Gasteiger partial charge in [-0.3, -0.25) is 9.59 Å². The monoisotopic (exact) mass is 444 g/mol. The van der Waals surface area contributed by atoms with Gasteiger partial charge in [-0.2, -0.15) is 0 Å². The number of amides is 2. The first-order chi connectivity index (χ1) is 14.7. The molecule has 0 atom stereocenters. The number of rotatable bonds is 7. The highest BCUT2D eigenvalue weighted by molar-refractivity contribution is 7.91. The predicted octanol–water partition coefficient (Wildman–Crippen LogP) is 2.57. The lowest BCUT2D eigenvalue weighted by atomic mass is 10.2. The van der Waals surface area contributed by atoms with Crippen LogP contribution in [0.3, 0.4) is 0 Å². The molecule has 1 heterocycles. The zero-order valence-electron chi connectivity index (χ0n) is 17.4. The van der Waals surface area contributed by atoms with E-state index in [9.17, 15) is 22.8 Å². The van der Waals surface area contributed by atoms with E-state index in [1.54, 1.807) is 36.1 Å². The van der Waals surface area contributed by atoms with E-state index in [4.69, 9.17) is 4.74 Å². The Hall–Kier alpha value is -3.20. The van der Waals surface area contributed by atoms with Gasteiger partial charge in [-0.15, -0.1) is 0 Å². The predicted molar refractivity (Wildman–Crippen MR) is 116 cm³/mol. The van der Waals surface area contributed by atoms with Crippen LogP contribution < -0.4 is 10.2 Å². The highest BCUT2D eigenvalue weighted by Gasteiger charge is 2.25. The largest absolute Gasteiger partial charge is 0.462 e. The molecule has 164 valence electrons. The Kier molecular flexibility index (Phi) is 6.74. The Labute approximate surface area is 181 Å². The molecule has 0 bridgehead atoms. The number of carbonyl (C=O) groups is 3. The third-order valence-electron chi connectivity index (χ3n) is 4.96. The number of sulfone groups is 1. The number of carbonyl (C=O) groups excluding carboxylic acids is 3. The molecule has 1 aliphatic heterocycles. The first-order valence-electron chi connectivity index (χ1n) is 9.92. The van der Waals surface area contributed by atoms with Crippen molar-refractivity contribution in [3.05, 3.63) is 53.6 Å². The average Bonchev–Trinajstić information content (AvgIpc) is 3.17. The molecule has 0 aliphatic carbocycles. The number of hydrogen-bond acceptors (Lipinski definition) is 6. The van der Waals surface area contributed by atoms with Gasteiger partial charge in [0.25, 0.3) is 0 Å². The van der Waals surface area contributed by atoms with Crippen molar-refractivity contribution in [2.45, 2.75) is 31.6 Å². The Morgan fingerprint density at radius 2 is 1.81 bits per heavy atom. The van der Waals surface area contributed by atoms with E-state index in [1.165, 1.54) is 25.1 Å². The fraction of sp³-hybridized carbons (Fsp3) is 0.318. The van der Waals surface area contributed by atoms with Crippen molar-refractivity contribution in [2.75, 3.05) is 29.1 Å². The van der Waals surface area contributed by atoms with Crippen LogP contribution in [-0.4, -0.2) is 45.1 Å². The van der Waals surface area contributed by atoms with E-state index in [0.717, 1.165) is 11.3 Å². The molecular formula is C22H24N2O6S. The van der Waals surface area contributed by atoms with Crippen LogP contribution in [0.2, 0.25) is 0 Å². The molecule has 0 fully saturated rings. The van der Waals surface area contributed by atoms with Gasteiger partial charge < -0.3 is 15.0 Å². The number of benzene rings is 2. The second-order valence-electron chi connectivity index (χ2n) is 7.13. The van der Waals surface area contributed by atoms with E-state index in [0.29, 0.717) is 24.2 Å². The summed E-state index contributed by atoms with van der Waals surface area (Å²) >= 11 is 0. The molecule has 0 unspecified atom stereocenters. The topological polar surface area (TPSA) is 110 Å². The summed E-state index contributed by atoms with van der Waals surface area (Å²) < 4.78 is 30.2. The Morgan fingerprint density at radius 1 is 1.10 bits per heavy atom. The van der Waals surface area contributed by atoms with Crippen molar-refractivity contribution >= 4 is 39.0 Å². The minimum atomic E-state index is -3.66. The molecule has 0 radical (unpaired) electrons. The van der Waals surface area contributed by atoms with Crippen LogP contribution in [0.4, 0.5) is 11.4 Å². The summed E-state index contributed by atoms with van der Waals surface area (Å²) in [6.45, 7) is 3.99. The van der Waals surface area contributed by atoms with Gasteiger partial charge in [0, 0.05) is 31.3 Å². The van der Waals surface area contributed by atoms with Gasteiger partial charge in [-0.1, -0.05) is 0 Å². The molecule has 0 spiro atoms. The summed E-state index contributed by atoms with van der Waals surface area (Å²) in [5, 5.41) is 2.62. The Bertz CT molecular complexity index is 1110. The van der Waals surface area contributed by atoms with Crippen molar-refractivity contribution in [3.63, 3.8) is 0 Å². The van der Waals surface area contributed by atoms with Crippen molar-refractivity contribution in [3.8, 4) is 0 Å². The van der Waals surface area contributed by atoms with Gasteiger partial charge in [0.15, 0.2) is 9.84 Å². The molecule has 1 aliphatic rings. The van der Waals surface area contributed by atoms with Crippen LogP contribution in [0.1, 0.15) is 36.2 Å². The summed E-state index contributed by atoms with van der Waals surface area (Å²) in [4.78, 5) is 37.3. The molecule has 31 heavy (non-hydrogen) atoms. The standard InChI is InChI=1S/C22H24N2O6S/c1-3-30-22(27)16-4-6-18(7-5-16)23-21(26)11-13-31(28,29)19-8-9-20-17(14-19)10-12-24(20)15(2)25/h4-9,14H,3,10-13H2,1-2H3,(H,23,26). The molecule has 2 amide bonds. The highest BCUT2D eigenvalue weighted by atomic mass is 32.2. The van der Waals surface area contributed by atoms with Crippen LogP contribution in [0.5, 0.6) is 0 Å². The van der Waals surface area contributed by atoms with Gasteiger partial charge in [-0.25, -0.2) is 13.2 Å². The summed E-state index contributed by atoms with van der Waals surface area (Å²) in [6, 6.07) is 10.9. The molecule has 0 saturated heterocycles. The van der Waals surface area contributed by atoms with E-state index < -0.39 is 21.7 Å². The summed E-state index contributed by atoms with van der Waals surface area (Å²) in [5.74, 6) is -1.32. The average molecular weight is 445 g/mol. The lowest BCUT2D eigenvalue weighted by Crippen LogP contribution is -2.25. The fourth-order valence-electron chi connectivity index (χ4n) is 3.37. The van der Waals surface area contributed by atoms with Crippen LogP contribution in [0.25, 0.3) is 0 Å². The number of fused-ring (bicyclic) bond motifs is 1. The fourth-order valence-corrected chi connectivity index (χ4v) is 4.66. The molecule has 0 saturated carbocycles. The van der Waals surface area contributed by atoms with Crippen LogP contribution in [-0.2, 0) is 30.6 Å². The van der Waals surface area contributed by atoms with Crippen molar-refractivity contribution in [1.29, 1.82) is 0 Å². The maximum Gasteiger partial charge on any atom is 0.338 e. The van der Waals surface area contributed by atoms with Crippen LogP contribution in [0.15, 0.2) is 47.4 Å². The second kappa shape index (κ2) is 9.30. The van der Waals surface area contributed by atoms with Crippen LogP contribution in [0, 0.1) is 0 Å². The molecule has 9 heteroatoms. The van der Waals surface area contributed by atoms with E-state index in [1.807, 2.05) is 0 Å². The number of ether oxygens (including phenoxy) is 1. The molecule has 8 nitrogen and oxygen atoms in total. The minimum Gasteiger partial charge on any atom is -0.462 e. The molecular weight excluding hydrogens is 420 g/mol. The van der Waals surface area contributed by atoms with Crippen molar-refractivity contribution < 1.29 is 27.5 Å². The maximum atomic E-state index is 12.7. The molecule has 2 aromatic rings. The third kappa shape index (κ3) is 5.29. The lowest BCUT2D eigenvalue weighted by Gasteiger charge is -2.15. The second-order valence-corrected chi connectivity index (χ2v) is 9.24. The number of hydrogen-bond donors (Lipinski definition) is 1. The first-order valence-corrected chi connectivity index (χ1v) is 11.6. The molecule has 3 rings (SSSR count). The lowest BCUT2D eigenvalue weighted by molar-refractivity contribution is -0.117. The zero-order chi connectivity index (χ0) is 22.6. The molecule has 1 N–H and O–H groups in total. The third-order valence-corrected chi connectivity index (χ3v) is 6.68. The van der Waals surface area contributed by atoms with Crippen molar-refractivity contribution in [1.82, 2.24) is 0 Å². The first kappa shape index (κ1) is 22.5. The highest BCUT2D eigenvalue weighted by Crippen LogP contribution is 2.30. The van der Waals surface area contributed by atoms with Gasteiger partial charge in [0.1, 0.15) is 0 Å². The molecule has 0 aromatic heterocycles. The quantitative estimate of drug-likeness (QED) is 0.658. The van der Waals surface area contributed by atoms with E-state index in [-0.39, 0.29) is 29.6 Å². The van der Waals surface area contributed by atoms with Gasteiger partial charge in [-0.05, 0) is 61.4 Å². The van der Waals surface area contributed by atoms with Gasteiger partial charge >= 0.3 is 5.97 Å².